The molecule has 3 rings (SSSR count). The predicted molar refractivity (Wildman–Crippen MR) is 99.5 cm³/mol. The molecule has 2 N–H and O–H groups in total. The average Bonchev–Trinajstić information content (AvgIpc) is 3.07. The van der Waals surface area contributed by atoms with Crippen LogP contribution in [-0.2, 0) is 22.3 Å². The van der Waals surface area contributed by atoms with Gasteiger partial charge in [0.25, 0.3) is 5.56 Å². The number of halogens is 3. The Morgan fingerprint density at radius 3 is 2.60 bits per heavy atom. The zero-order chi connectivity index (χ0) is 21.9. The van der Waals surface area contributed by atoms with Crippen molar-refractivity contribution in [2.45, 2.75) is 31.6 Å². The Balaban J connectivity index is 1.84. The number of benzene rings is 1. The number of amides is 2. The summed E-state index contributed by atoms with van der Waals surface area (Å²) in [6, 6.07) is 4.69. The molecule has 2 aromatic rings. The van der Waals surface area contributed by atoms with Crippen molar-refractivity contribution in [2.75, 3.05) is 13.1 Å². The number of carbonyl (C=O) groups excluding carboxylic acids is 2. The van der Waals surface area contributed by atoms with Gasteiger partial charge in [-0.1, -0.05) is 12.1 Å². The van der Waals surface area contributed by atoms with Gasteiger partial charge in [0.15, 0.2) is 0 Å². The minimum Gasteiger partial charge on any atom is -0.346 e. The quantitative estimate of drug-likeness (QED) is 0.723. The highest BCUT2D eigenvalue weighted by molar-refractivity contribution is 5.79. The fraction of sp³-hybridized carbons (Fsp3) is 0.368. The first-order valence-corrected chi connectivity index (χ1v) is 9.17. The fourth-order valence-electron chi connectivity index (χ4n) is 3.25. The summed E-state index contributed by atoms with van der Waals surface area (Å²) in [6.07, 6.45) is -2.44. The second kappa shape index (κ2) is 8.56. The van der Waals surface area contributed by atoms with Crippen molar-refractivity contribution in [2.24, 2.45) is 0 Å². The number of rotatable bonds is 6. The third kappa shape index (κ3) is 5.16. The highest BCUT2D eigenvalue weighted by Gasteiger charge is 2.32. The van der Waals surface area contributed by atoms with E-state index in [1.165, 1.54) is 17.0 Å². The molecule has 8 nitrogen and oxygen atoms in total. The number of nitrogens with zero attached hydrogens (tertiary/aromatic N) is 2. The average molecular weight is 424 g/mol. The molecule has 1 unspecified atom stereocenters. The number of nitrogens with one attached hydrogen (secondary N) is 2. The zero-order valence-corrected chi connectivity index (χ0v) is 15.7. The van der Waals surface area contributed by atoms with E-state index in [-0.39, 0.29) is 18.0 Å². The molecule has 1 aliphatic rings. The van der Waals surface area contributed by atoms with E-state index in [2.05, 4.69) is 5.32 Å². The van der Waals surface area contributed by atoms with Crippen LogP contribution in [0.4, 0.5) is 13.2 Å². The maximum atomic E-state index is 13.1. The lowest BCUT2D eigenvalue weighted by Gasteiger charge is -2.26. The van der Waals surface area contributed by atoms with Crippen LogP contribution in [-0.4, -0.2) is 39.4 Å². The van der Waals surface area contributed by atoms with Crippen LogP contribution in [0, 0.1) is 0 Å². The molecule has 11 heteroatoms. The Morgan fingerprint density at radius 1 is 1.20 bits per heavy atom. The van der Waals surface area contributed by atoms with Crippen LogP contribution < -0.4 is 16.6 Å². The van der Waals surface area contributed by atoms with Gasteiger partial charge >= 0.3 is 11.9 Å². The van der Waals surface area contributed by atoms with Crippen molar-refractivity contribution in [1.82, 2.24) is 19.8 Å². The van der Waals surface area contributed by atoms with Crippen molar-refractivity contribution in [3.05, 3.63) is 68.5 Å². The molecule has 1 saturated heterocycles. The Hall–Kier alpha value is -3.37. The van der Waals surface area contributed by atoms with Gasteiger partial charge in [-0.15, -0.1) is 0 Å². The SMILES string of the molecule is O=C(Cn1ccc(=O)[nH]c1=O)NC(CN1CCCC1=O)c1cccc(C(F)(F)F)c1. The van der Waals surface area contributed by atoms with Gasteiger partial charge in [-0.05, 0) is 24.1 Å². The van der Waals surface area contributed by atoms with E-state index in [0.717, 1.165) is 29.0 Å². The summed E-state index contributed by atoms with van der Waals surface area (Å²) in [5.74, 6) is -0.795. The molecule has 0 aliphatic carbocycles. The first-order chi connectivity index (χ1) is 14.1. The van der Waals surface area contributed by atoms with E-state index < -0.39 is 41.5 Å². The van der Waals surface area contributed by atoms with Gasteiger partial charge in [-0.2, -0.15) is 13.2 Å². The molecule has 0 radical (unpaired) electrons. The van der Waals surface area contributed by atoms with E-state index in [1.807, 2.05) is 4.98 Å². The maximum absolute atomic E-state index is 13.1. The molecule has 0 bridgehead atoms. The van der Waals surface area contributed by atoms with Gasteiger partial charge in [0.2, 0.25) is 11.8 Å². The summed E-state index contributed by atoms with van der Waals surface area (Å²) in [5, 5.41) is 2.60. The third-order valence-electron chi connectivity index (χ3n) is 4.74. The molecule has 1 atom stereocenters. The highest BCUT2D eigenvalue weighted by Crippen LogP contribution is 2.31. The lowest BCUT2D eigenvalue weighted by atomic mass is 10.0. The van der Waals surface area contributed by atoms with Gasteiger partial charge in [-0.3, -0.25) is 23.9 Å². The number of H-pyrrole nitrogens is 1. The lowest BCUT2D eigenvalue weighted by Crippen LogP contribution is -2.41. The molecule has 2 amide bonds. The Bertz CT molecular complexity index is 1060. The number of likely N-dealkylation sites (tertiary alicyclic amines) is 1. The molecule has 160 valence electrons. The van der Waals surface area contributed by atoms with E-state index in [0.29, 0.717) is 19.4 Å². The summed E-state index contributed by atoms with van der Waals surface area (Å²) in [6.45, 7) is 0.00890. The smallest absolute Gasteiger partial charge is 0.346 e. The lowest BCUT2D eigenvalue weighted by molar-refractivity contribution is -0.137. The fourth-order valence-corrected chi connectivity index (χ4v) is 3.25. The number of aromatic nitrogens is 2. The van der Waals surface area contributed by atoms with Gasteiger partial charge in [0.05, 0.1) is 11.6 Å². The molecule has 2 heterocycles. The van der Waals surface area contributed by atoms with E-state index in [4.69, 9.17) is 0 Å². The summed E-state index contributed by atoms with van der Waals surface area (Å²) in [7, 11) is 0. The van der Waals surface area contributed by atoms with Crippen molar-refractivity contribution < 1.29 is 22.8 Å². The number of carbonyl (C=O) groups is 2. The number of hydrogen-bond donors (Lipinski definition) is 2. The molecule has 1 aromatic heterocycles. The maximum Gasteiger partial charge on any atom is 0.416 e. The van der Waals surface area contributed by atoms with E-state index in [1.54, 1.807) is 0 Å². The van der Waals surface area contributed by atoms with Crippen LogP contribution in [0.1, 0.15) is 30.0 Å². The molecule has 1 aromatic carbocycles. The summed E-state index contributed by atoms with van der Waals surface area (Å²) in [5.41, 5.74) is -2.09. The molecular weight excluding hydrogens is 405 g/mol. The number of hydrogen-bond acceptors (Lipinski definition) is 4. The van der Waals surface area contributed by atoms with Gasteiger partial charge in [0, 0.05) is 31.8 Å². The van der Waals surface area contributed by atoms with Crippen LogP contribution in [0.15, 0.2) is 46.1 Å². The summed E-state index contributed by atoms with van der Waals surface area (Å²) >= 11 is 0. The van der Waals surface area contributed by atoms with Crippen LogP contribution in [0.3, 0.4) is 0 Å². The van der Waals surface area contributed by atoms with Crippen LogP contribution in [0.25, 0.3) is 0 Å². The summed E-state index contributed by atoms with van der Waals surface area (Å²) in [4.78, 5) is 50.8. The number of aromatic amines is 1. The topological polar surface area (TPSA) is 104 Å². The number of alkyl halides is 3. The molecule has 30 heavy (non-hydrogen) atoms. The normalized spacial score (nSPS) is 15.3. The monoisotopic (exact) mass is 424 g/mol. The molecule has 1 fully saturated rings. The Morgan fingerprint density at radius 2 is 1.97 bits per heavy atom. The minimum absolute atomic E-state index is 0.00635. The van der Waals surface area contributed by atoms with Crippen LogP contribution in [0.5, 0.6) is 0 Å². The largest absolute Gasteiger partial charge is 0.416 e. The van der Waals surface area contributed by atoms with Gasteiger partial charge < -0.3 is 10.2 Å². The van der Waals surface area contributed by atoms with Crippen molar-refractivity contribution in [3.8, 4) is 0 Å². The Kier molecular flexibility index (Phi) is 6.09. The van der Waals surface area contributed by atoms with Gasteiger partial charge in [-0.25, -0.2) is 4.79 Å². The second-order valence-corrected chi connectivity index (χ2v) is 6.92. The summed E-state index contributed by atoms with van der Waals surface area (Å²) < 4.78 is 40.3. The molecule has 0 saturated carbocycles. The standard InChI is InChI=1S/C19H19F3N4O4/c20-19(21,22)13-4-1-3-12(9-13)14(10-25-7-2-5-17(25)29)23-16(28)11-26-8-6-15(27)24-18(26)30/h1,3-4,6,8-9,14H,2,5,7,10-11H2,(H,23,28)(H,24,27,30). The Labute approximate surface area is 168 Å². The first kappa shape index (κ1) is 21.3. The van der Waals surface area contributed by atoms with Crippen molar-refractivity contribution in [3.63, 3.8) is 0 Å². The third-order valence-corrected chi connectivity index (χ3v) is 4.74. The van der Waals surface area contributed by atoms with E-state index >= 15 is 0 Å². The van der Waals surface area contributed by atoms with Crippen LogP contribution >= 0.6 is 0 Å². The van der Waals surface area contributed by atoms with Crippen molar-refractivity contribution >= 4 is 11.8 Å². The minimum atomic E-state index is -4.56. The zero-order valence-electron chi connectivity index (χ0n) is 15.7. The van der Waals surface area contributed by atoms with Gasteiger partial charge in [0.1, 0.15) is 6.54 Å². The highest BCUT2D eigenvalue weighted by atomic mass is 19.4. The first-order valence-electron chi connectivity index (χ1n) is 9.17. The van der Waals surface area contributed by atoms with E-state index in [9.17, 15) is 32.3 Å². The van der Waals surface area contributed by atoms with Crippen molar-refractivity contribution in [1.29, 1.82) is 0 Å². The molecule has 0 spiro atoms. The second-order valence-electron chi connectivity index (χ2n) is 6.92. The molecule has 1 aliphatic heterocycles. The predicted octanol–water partition coefficient (Wildman–Crippen LogP) is 1.04. The van der Waals surface area contributed by atoms with Crippen LogP contribution in [0.2, 0.25) is 0 Å². The molecular formula is C19H19F3N4O4.